The Morgan fingerprint density at radius 2 is 1.65 bits per heavy atom. The normalized spacial score (nSPS) is 11.2. The summed E-state index contributed by atoms with van der Waals surface area (Å²) in [6.07, 6.45) is 0. The van der Waals surface area contributed by atoms with E-state index in [2.05, 4.69) is 20.0 Å². The van der Waals surface area contributed by atoms with Gasteiger partial charge in [-0.05, 0) is 19.1 Å². The van der Waals surface area contributed by atoms with Crippen LogP contribution in [-0.4, -0.2) is 49.2 Å². The van der Waals surface area contributed by atoms with Crippen molar-refractivity contribution in [2.45, 2.75) is 13.0 Å². The van der Waals surface area contributed by atoms with Crippen LogP contribution in [0.1, 0.15) is 17.3 Å². The lowest BCUT2D eigenvalue weighted by molar-refractivity contribution is -0.142. The molecular formula is C17H19N3O6. The van der Waals surface area contributed by atoms with E-state index in [0.29, 0.717) is 0 Å². The van der Waals surface area contributed by atoms with Crippen molar-refractivity contribution in [3.63, 3.8) is 0 Å². The molecule has 2 rings (SSSR count). The first-order valence-electron chi connectivity index (χ1n) is 7.61. The first-order valence-corrected chi connectivity index (χ1v) is 7.61. The van der Waals surface area contributed by atoms with E-state index in [4.69, 9.17) is 14.2 Å². The summed E-state index contributed by atoms with van der Waals surface area (Å²) < 4.78 is 20.3. The average molecular weight is 361 g/mol. The molecule has 9 heteroatoms. The molecule has 1 aromatic heterocycles. The van der Waals surface area contributed by atoms with Crippen molar-refractivity contribution < 1.29 is 28.5 Å². The van der Waals surface area contributed by atoms with Gasteiger partial charge in [-0.25, -0.2) is 4.79 Å². The summed E-state index contributed by atoms with van der Waals surface area (Å²) in [5.41, 5.74) is 0.202. The van der Waals surface area contributed by atoms with E-state index in [1.165, 1.54) is 34.3 Å². The van der Waals surface area contributed by atoms with Crippen molar-refractivity contribution in [3.05, 3.63) is 35.9 Å². The zero-order chi connectivity index (χ0) is 19.1. The van der Waals surface area contributed by atoms with E-state index >= 15 is 0 Å². The number of ether oxygens (including phenoxy) is 4. The number of hydrogen-bond donors (Lipinski definition) is 1. The van der Waals surface area contributed by atoms with E-state index in [-0.39, 0.29) is 29.1 Å². The second-order valence-electron chi connectivity index (χ2n) is 5.05. The van der Waals surface area contributed by atoms with Crippen molar-refractivity contribution in [1.82, 2.24) is 15.3 Å². The number of methoxy groups -OCH3 is 3. The summed E-state index contributed by atoms with van der Waals surface area (Å²) in [7, 11) is 4.14. The molecule has 0 aliphatic rings. The van der Waals surface area contributed by atoms with Gasteiger partial charge in [0, 0.05) is 0 Å². The molecule has 0 saturated heterocycles. The van der Waals surface area contributed by atoms with Crippen molar-refractivity contribution in [1.29, 1.82) is 0 Å². The number of aromatic nitrogens is 2. The van der Waals surface area contributed by atoms with Gasteiger partial charge in [0.2, 0.25) is 11.8 Å². The number of esters is 1. The van der Waals surface area contributed by atoms with Crippen LogP contribution in [0.15, 0.2) is 30.3 Å². The quantitative estimate of drug-likeness (QED) is 0.740. The first kappa shape index (κ1) is 19.0. The maximum atomic E-state index is 12.4. The molecule has 1 heterocycles. The molecule has 1 atom stereocenters. The molecule has 1 unspecified atom stereocenters. The van der Waals surface area contributed by atoms with Crippen molar-refractivity contribution in [2.24, 2.45) is 0 Å². The van der Waals surface area contributed by atoms with Gasteiger partial charge in [-0.1, -0.05) is 12.1 Å². The molecule has 0 radical (unpaired) electrons. The second kappa shape index (κ2) is 8.65. The molecule has 9 nitrogen and oxygen atoms in total. The minimum atomic E-state index is -0.811. The summed E-state index contributed by atoms with van der Waals surface area (Å²) in [5.74, 6) is -0.371. The van der Waals surface area contributed by atoms with Gasteiger partial charge in [0.25, 0.3) is 5.91 Å². The number of nitrogens with zero attached hydrogens (tertiary/aromatic N) is 2. The minimum Gasteiger partial charge on any atom is -0.481 e. The third-order valence-corrected chi connectivity index (χ3v) is 3.31. The van der Waals surface area contributed by atoms with Gasteiger partial charge < -0.3 is 24.3 Å². The number of nitrogens with one attached hydrogen (secondary N) is 1. The number of carbonyl (C=O) groups excluding carboxylic acids is 2. The van der Waals surface area contributed by atoms with Gasteiger partial charge in [-0.2, -0.15) is 9.97 Å². The van der Waals surface area contributed by atoms with Crippen LogP contribution in [0.4, 0.5) is 0 Å². The Balaban J connectivity index is 2.26. The van der Waals surface area contributed by atoms with E-state index in [9.17, 15) is 9.59 Å². The number of amides is 1. The van der Waals surface area contributed by atoms with E-state index in [0.717, 1.165) is 0 Å². The van der Waals surface area contributed by atoms with Crippen LogP contribution in [0.25, 0.3) is 0 Å². The maximum absolute atomic E-state index is 12.4. The molecule has 0 bridgehead atoms. The third-order valence-electron chi connectivity index (χ3n) is 3.31. The lowest BCUT2D eigenvalue weighted by Gasteiger charge is -2.14. The second-order valence-corrected chi connectivity index (χ2v) is 5.05. The minimum absolute atomic E-state index is 0.0533. The van der Waals surface area contributed by atoms with Crippen LogP contribution >= 0.6 is 0 Å². The molecular weight excluding hydrogens is 342 g/mol. The van der Waals surface area contributed by atoms with Gasteiger partial charge in [-0.15, -0.1) is 0 Å². The van der Waals surface area contributed by atoms with Crippen LogP contribution in [0, 0.1) is 0 Å². The maximum Gasteiger partial charge on any atom is 0.328 e. The molecule has 0 spiro atoms. The number of para-hydroxylation sites is 1. The summed E-state index contributed by atoms with van der Waals surface area (Å²) in [6, 6.07) is 7.10. The Hall–Kier alpha value is -3.36. The molecule has 1 amide bonds. The largest absolute Gasteiger partial charge is 0.481 e. The molecule has 0 fully saturated rings. The fraction of sp³-hybridized carbons (Fsp3) is 0.294. The summed E-state index contributed by atoms with van der Waals surface area (Å²) in [6.45, 7) is 1.52. The zero-order valence-corrected chi connectivity index (χ0v) is 14.8. The fourth-order valence-corrected chi connectivity index (χ4v) is 1.99. The van der Waals surface area contributed by atoms with Crippen LogP contribution in [-0.2, 0) is 9.53 Å². The monoisotopic (exact) mass is 361 g/mol. The summed E-state index contributed by atoms with van der Waals surface area (Å²) in [5, 5.41) is 2.53. The molecule has 0 saturated carbocycles. The predicted octanol–water partition coefficient (Wildman–Crippen LogP) is 1.58. The molecule has 2 aromatic rings. The van der Waals surface area contributed by atoms with Gasteiger partial charge in [0.15, 0.2) is 0 Å². The van der Waals surface area contributed by atoms with Gasteiger partial charge in [0.1, 0.15) is 11.8 Å². The summed E-state index contributed by atoms with van der Waals surface area (Å²) in [4.78, 5) is 32.0. The van der Waals surface area contributed by atoms with Gasteiger partial charge >= 0.3 is 12.0 Å². The van der Waals surface area contributed by atoms with E-state index in [1.807, 2.05) is 0 Å². The van der Waals surface area contributed by atoms with Gasteiger partial charge in [-0.3, -0.25) is 4.79 Å². The molecule has 1 N–H and O–H groups in total. The molecule has 0 aliphatic carbocycles. The van der Waals surface area contributed by atoms with Gasteiger partial charge in [0.05, 0.1) is 33.0 Å². The van der Waals surface area contributed by atoms with Crippen LogP contribution in [0.5, 0.6) is 23.5 Å². The Kier molecular flexibility index (Phi) is 6.31. The van der Waals surface area contributed by atoms with E-state index < -0.39 is 17.9 Å². The van der Waals surface area contributed by atoms with Crippen LogP contribution in [0.3, 0.4) is 0 Å². The number of benzene rings is 1. The molecule has 26 heavy (non-hydrogen) atoms. The molecule has 1 aromatic carbocycles. The Morgan fingerprint density at radius 3 is 2.23 bits per heavy atom. The Bertz CT molecular complexity index is 774. The average Bonchev–Trinajstić information content (AvgIpc) is 2.67. The lowest BCUT2D eigenvalue weighted by Crippen LogP contribution is -2.39. The number of rotatable bonds is 7. The Morgan fingerprint density at radius 1 is 1.04 bits per heavy atom. The zero-order valence-electron chi connectivity index (χ0n) is 14.8. The van der Waals surface area contributed by atoms with E-state index in [1.54, 1.807) is 24.3 Å². The number of hydrogen-bond acceptors (Lipinski definition) is 8. The van der Waals surface area contributed by atoms with Crippen molar-refractivity contribution in [2.75, 3.05) is 21.3 Å². The van der Waals surface area contributed by atoms with Crippen LogP contribution < -0.4 is 19.5 Å². The fourth-order valence-electron chi connectivity index (χ4n) is 1.99. The molecule has 138 valence electrons. The van der Waals surface area contributed by atoms with Crippen molar-refractivity contribution in [3.8, 4) is 23.5 Å². The summed E-state index contributed by atoms with van der Waals surface area (Å²) >= 11 is 0. The molecule has 0 aliphatic heterocycles. The van der Waals surface area contributed by atoms with Crippen LogP contribution in [0.2, 0.25) is 0 Å². The Labute approximate surface area is 150 Å². The smallest absolute Gasteiger partial charge is 0.328 e. The number of carbonyl (C=O) groups is 2. The standard InChI is InChI=1S/C17H19N3O6/c1-10(16(22)25-4)18-15(21)11-7-5-6-8-12(11)26-17-19-13(23-2)9-14(20-17)24-3/h5-10H,1-4H3,(H,18,21). The highest BCUT2D eigenvalue weighted by atomic mass is 16.5. The third kappa shape index (κ3) is 4.59. The predicted molar refractivity (Wildman–Crippen MR) is 90.6 cm³/mol. The first-order chi connectivity index (χ1) is 12.5. The topological polar surface area (TPSA) is 109 Å². The SMILES string of the molecule is COC(=O)C(C)NC(=O)c1ccccc1Oc1nc(OC)cc(OC)n1. The lowest BCUT2D eigenvalue weighted by atomic mass is 10.1. The highest BCUT2D eigenvalue weighted by molar-refractivity contribution is 5.99. The highest BCUT2D eigenvalue weighted by Crippen LogP contribution is 2.26. The van der Waals surface area contributed by atoms with Crippen molar-refractivity contribution >= 4 is 11.9 Å². The highest BCUT2D eigenvalue weighted by Gasteiger charge is 2.20.